The first kappa shape index (κ1) is 19.9. The predicted molar refractivity (Wildman–Crippen MR) is 104 cm³/mol. The molecule has 0 bridgehead atoms. The molecule has 3 rings (SSSR count). The fourth-order valence-corrected chi connectivity index (χ4v) is 3.71. The van der Waals surface area contributed by atoms with Gasteiger partial charge in [-0.2, -0.15) is 0 Å². The van der Waals surface area contributed by atoms with E-state index in [1.54, 1.807) is 18.2 Å². The quantitative estimate of drug-likeness (QED) is 0.729. The van der Waals surface area contributed by atoms with Gasteiger partial charge in [0, 0.05) is 25.2 Å². The van der Waals surface area contributed by atoms with Gasteiger partial charge in [0.1, 0.15) is 12.3 Å². The number of aromatic nitrogens is 3. The van der Waals surface area contributed by atoms with Crippen molar-refractivity contribution >= 4 is 11.8 Å². The molecule has 28 heavy (non-hydrogen) atoms. The summed E-state index contributed by atoms with van der Waals surface area (Å²) in [6.45, 7) is 5.89. The molecular weight excluding hydrogens is 358 g/mol. The second-order valence-corrected chi connectivity index (χ2v) is 6.77. The minimum absolute atomic E-state index is 0.0398. The van der Waals surface area contributed by atoms with Crippen molar-refractivity contribution < 1.29 is 14.3 Å². The van der Waals surface area contributed by atoms with Gasteiger partial charge in [-0.3, -0.25) is 9.59 Å². The lowest BCUT2D eigenvalue weighted by Crippen LogP contribution is -2.33. The lowest BCUT2D eigenvalue weighted by molar-refractivity contribution is -0.131. The summed E-state index contributed by atoms with van der Waals surface area (Å²) in [6, 6.07) is 7.72. The molecule has 150 valence electrons. The van der Waals surface area contributed by atoms with Crippen molar-refractivity contribution in [2.75, 3.05) is 26.7 Å². The minimum Gasteiger partial charge on any atom is -0.496 e. The number of para-hydroxylation sites is 1. The van der Waals surface area contributed by atoms with Crippen molar-refractivity contribution in [3.8, 4) is 5.75 Å². The zero-order chi connectivity index (χ0) is 20.1. The van der Waals surface area contributed by atoms with E-state index in [-0.39, 0.29) is 30.1 Å². The minimum atomic E-state index is -0.171. The summed E-state index contributed by atoms with van der Waals surface area (Å²) in [5.41, 5.74) is 1.26. The van der Waals surface area contributed by atoms with Gasteiger partial charge < -0.3 is 14.5 Å². The summed E-state index contributed by atoms with van der Waals surface area (Å²) in [6.07, 6.45) is 3.35. The molecule has 1 aliphatic heterocycles. The number of amides is 2. The topological polar surface area (TPSA) is 80.6 Å². The number of likely N-dealkylation sites (tertiary alicyclic amines) is 1. The third kappa shape index (κ3) is 4.00. The molecule has 1 saturated heterocycles. The summed E-state index contributed by atoms with van der Waals surface area (Å²) < 4.78 is 6.90. The van der Waals surface area contributed by atoms with Crippen molar-refractivity contribution in [3.63, 3.8) is 0 Å². The van der Waals surface area contributed by atoms with E-state index in [2.05, 4.69) is 10.3 Å². The number of hydrogen-bond donors (Lipinski definition) is 0. The first-order valence-electron chi connectivity index (χ1n) is 9.70. The van der Waals surface area contributed by atoms with Crippen LogP contribution in [0.1, 0.15) is 48.8 Å². The van der Waals surface area contributed by atoms with Gasteiger partial charge in [0.15, 0.2) is 5.69 Å². The molecule has 0 spiro atoms. The Morgan fingerprint density at radius 2 is 2.00 bits per heavy atom. The summed E-state index contributed by atoms with van der Waals surface area (Å²) in [4.78, 5) is 28.8. The van der Waals surface area contributed by atoms with E-state index in [1.807, 2.05) is 43.0 Å². The highest BCUT2D eigenvalue weighted by Crippen LogP contribution is 2.37. The third-order valence-corrected chi connectivity index (χ3v) is 5.18. The lowest BCUT2D eigenvalue weighted by Gasteiger charge is -2.25. The molecule has 8 heteroatoms. The monoisotopic (exact) mass is 385 g/mol. The van der Waals surface area contributed by atoms with Gasteiger partial charge in [0.05, 0.1) is 19.3 Å². The van der Waals surface area contributed by atoms with Crippen molar-refractivity contribution in [1.29, 1.82) is 0 Å². The maximum atomic E-state index is 13.0. The highest BCUT2D eigenvalue weighted by atomic mass is 16.5. The maximum absolute atomic E-state index is 13.0. The molecule has 2 aromatic rings. The normalized spacial score (nSPS) is 16.2. The molecule has 1 fully saturated rings. The number of carbonyl (C=O) groups excluding carboxylic acids is 2. The summed E-state index contributed by atoms with van der Waals surface area (Å²) in [7, 11) is 1.64. The average molecular weight is 385 g/mol. The van der Waals surface area contributed by atoms with Gasteiger partial charge in [0.2, 0.25) is 5.91 Å². The second-order valence-electron chi connectivity index (χ2n) is 6.77. The van der Waals surface area contributed by atoms with Crippen LogP contribution < -0.4 is 4.74 Å². The van der Waals surface area contributed by atoms with Crippen LogP contribution in [0, 0.1) is 0 Å². The smallest absolute Gasteiger partial charge is 0.276 e. The first-order valence-corrected chi connectivity index (χ1v) is 9.70. The van der Waals surface area contributed by atoms with Gasteiger partial charge in [-0.25, -0.2) is 4.68 Å². The number of benzene rings is 1. The van der Waals surface area contributed by atoms with Crippen LogP contribution in [0.4, 0.5) is 0 Å². The van der Waals surface area contributed by atoms with E-state index < -0.39 is 0 Å². The number of likely N-dealkylation sites (N-methyl/N-ethyl adjacent to an activating group) is 1. The Balaban J connectivity index is 1.75. The Bertz CT molecular complexity index is 831. The Hall–Kier alpha value is -2.90. The summed E-state index contributed by atoms with van der Waals surface area (Å²) >= 11 is 0. The van der Waals surface area contributed by atoms with Crippen LogP contribution in [0.15, 0.2) is 30.5 Å². The number of methoxy groups -OCH3 is 1. The van der Waals surface area contributed by atoms with Crippen LogP contribution in [-0.4, -0.2) is 63.4 Å². The van der Waals surface area contributed by atoms with Gasteiger partial charge in [-0.15, -0.1) is 5.10 Å². The zero-order valence-electron chi connectivity index (χ0n) is 16.7. The molecule has 2 heterocycles. The fraction of sp³-hybridized carbons (Fsp3) is 0.500. The Morgan fingerprint density at radius 3 is 2.71 bits per heavy atom. The molecule has 0 radical (unpaired) electrons. The molecular formula is C20H27N5O3. The molecule has 0 N–H and O–H groups in total. The van der Waals surface area contributed by atoms with Gasteiger partial charge in [-0.1, -0.05) is 23.4 Å². The van der Waals surface area contributed by atoms with Crippen LogP contribution >= 0.6 is 0 Å². The summed E-state index contributed by atoms with van der Waals surface area (Å²) in [5.74, 6) is 0.567. The number of ether oxygens (including phenoxy) is 1. The van der Waals surface area contributed by atoms with E-state index in [4.69, 9.17) is 4.74 Å². The Morgan fingerprint density at radius 1 is 1.25 bits per heavy atom. The molecule has 1 aromatic carbocycles. The number of carbonyl (C=O) groups is 2. The van der Waals surface area contributed by atoms with Crippen molar-refractivity contribution in [1.82, 2.24) is 24.8 Å². The molecule has 0 aliphatic carbocycles. The van der Waals surface area contributed by atoms with Crippen LogP contribution in [0.25, 0.3) is 0 Å². The Labute approximate surface area is 165 Å². The number of nitrogens with zero attached hydrogens (tertiary/aromatic N) is 5. The van der Waals surface area contributed by atoms with Crippen LogP contribution in [-0.2, 0) is 11.3 Å². The second kappa shape index (κ2) is 8.86. The van der Waals surface area contributed by atoms with Crippen LogP contribution in [0.3, 0.4) is 0 Å². The molecule has 8 nitrogen and oxygen atoms in total. The van der Waals surface area contributed by atoms with Gasteiger partial charge >= 0.3 is 0 Å². The highest BCUT2D eigenvalue weighted by molar-refractivity contribution is 5.92. The fourth-order valence-electron chi connectivity index (χ4n) is 3.71. The van der Waals surface area contributed by atoms with E-state index in [0.717, 1.165) is 24.2 Å². The largest absolute Gasteiger partial charge is 0.496 e. The Kier molecular flexibility index (Phi) is 6.28. The standard InChI is InChI=1S/C20H27N5O3/c1-4-23(5-2)19(26)14-24-13-16(21-22-24)20(27)25-12-8-10-17(25)15-9-6-7-11-18(15)28-3/h6-7,9,11,13,17H,4-5,8,10,12,14H2,1-3H3/t17-/m0/s1. The molecule has 0 saturated carbocycles. The SMILES string of the molecule is CCN(CC)C(=O)Cn1cc(C(=O)N2CCC[C@H]2c2ccccc2OC)nn1. The van der Waals surface area contributed by atoms with Gasteiger partial charge in [-0.05, 0) is 32.8 Å². The van der Waals surface area contributed by atoms with E-state index in [1.165, 1.54) is 4.68 Å². The van der Waals surface area contributed by atoms with Crippen molar-refractivity contribution in [3.05, 3.63) is 41.7 Å². The van der Waals surface area contributed by atoms with E-state index >= 15 is 0 Å². The molecule has 0 unspecified atom stereocenters. The predicted octanol–water partition coefficient (Wildman–Crippen LogP) is 2.13. The molecule has 1 aromatic heterocycles. The lowest BCUT2D eigenvalue weighted by atomic mass is 10.0. The van der Waals surface area contributed by atoms with Crippen molar-refractivity contribution in [2.45, 2.75) is 39.3 Å². The number of hydrogen-bond acceptors (Lipinski definition) is 5. The molecule has 1 aliphatic rings. The first-order chi connectivity index (χ1) is 13.6. The number of rotatable bonds is 7. The third-order valence-electron chi connectivity index (χ3n) is 5.18. The van der Waals surface area contributed by atoms with Crippen LogP contribution in [0.2, 0.25) is 0 Å². The zero-order valence-corrected chi connectivity index (χ0v) is 16.7. The highest BCUT2D eigenvalue weighted by Gasteiger charge is 2.33. The van der Waals surface area contributed by atoms with E-state index in [9.17, 15) is 9.59 Å². The maximum Gasteiger partial charge on any atom is 0.276 e. The van der Waals surface area contributed by atoms with Crippen LogP contribution in [0.5, 0.6) is 5.75 Å². The average Bonchev–Trinajstić information content (AvgIpc) is 3.38. The molecule has 2 amide bonds. The van der Waals surface area contributed by atoms with Gasteiger partial charge in [0.25, 0.3) is 5.91 Å². The van der Waals surface area contributed by atoms with Crippen molar-refractivity contribution in [2.24, 2.45) is 0 Å². The van der Waals surface area contributed by atoms with E-state index in [0.29, 0.717) is 19.6 Å². The molecule has 1 atom stereocenters. The summed E-state index contributed by atoms with van der Waals surface area (Å²) in [5, 5.41) is 7.99.